The van der Waals surface area contributed by atoms with Gasteiger partial charge in [0.2, 0.25) is 5.13 Å². The van der Waals surface area contributed by atoms with Gasteiger partial charge in [0.15, 0.2) is 5.75 Å². The first kappa shape index (κ1) is 16.6. The molecule has 0 aliphatic rings. The molecule has 1 aromatic heterocycles. The molecular formula is C17H11N3O4S2. The summed E-state index contributed by atoms with van der Waals surface area (Å²) < 4.78 is 33.8. The van der Waals surface area contributed by atoms with Crippen molar-refractivity contribution in [3.8, 4) is 5.75 Å². The van der Waals surface area contributed by atoms with E-state index in [0.717, 1.165) is 16.3 Å². The highest BCUT2D eigenvalue weighted by Crippen LogP contribution is 2.40. The summed E-state index contributed by atoms with van der Waals surface area (Å²) in [5, 5.41) is 19.2. The summed E-state index contributed by atoms with van der Waals surface area (Å²) in [5.41, 5.74) is 0.698. The smallest absolute Gasteiger partial charge is 0.295 e. The van der Waals surface area contributed by atoms with Crippen molar-refractivity contribution in [2.75, 3.05) is 0 Å². The quantitative estimate of drug-likeness (QED) is 0.388. The number of thiazole rings is 1. The molecule has 9 heteroatoms. The Morgan fingerprint density at radius 2 is 1.65 bits per heavy atom. The number of phenols is 1. The number of aromatic hydroxyl groups is 1. The highest BCUT2D eigenvalue weighted by Gasteiger charge is 2.19. The summed E-state index contributed by atoms with van der Waals surface area (Å²) in [6.07, 6.45) is 0. The summed E-state index contributed by atoms with van der Waals surface area (Å²) in [4.78, 5) is 3.96. The van der Waals surface area contributed by atoms with Gasteiger partial charge in [-0.2, -0.15) is 8.42 Å². The number of azo groups is 1. The van der Waals surface area contributed by atoms with Gasteiger partial charge < -0.3 is 5.11 Å². The van der Waals surface area contributed by atoms with E-state index < -0.39 is 10.1 Å². The van der Waals surface area contributed by atoms with Crippen LogP contribution in [0.25, 0.3) is 21.0 Å². The van der Waals surface area contributed by atoms with E-state index in [1.165, 1.54) is 23.5 Å². The molecule has 7 nitrogen and oxygen atoms in total. The van der Waals surface area contributed by atoms with E-state index in [0.29, 0.717) is 5.13 Å². The van der Waals surface area contributed by atoms with Crippen LogP contribution >= 0.6 is 11.3 Å². The van der Waals surface area contributed by atoms with E-state index in [1.54, 1.807) is 12.1 Å². The number of phenolic OH excluding ortho intramolecular Hbond substituents is 1. The van der Waals surface area contributed by atoms with Crippen LogP contribution in [-0.2, 0) is 10.1 Å². The van der Waals surface area contributed by atoms with Crippen LogP contribution in [0.3, 0.4) is 0 Å². The zero-order valence-corrected chi connectivity index (χ0v) is 14.7. The van der Waals surface area contributed by atoms with Gasteiger partial charge in [-0.15, -0.1) is 10.2 Å². The molecule has 0 radical (unpaired) electrons. The summed E-state index contributed by atoms with van der Waals surface area (Å²) in [6, 6.07) is 14.9. The largest absolute Gasteiger partial charge is 0.505 e. The Bertz CT molecular complexity index is 1250. The van der Waals surface area contributed by atoms with Crippen LogP contribution in [0.1, 0.15) is 0 Å². The molecule has 0 bridgehead atoms. The van der Waals surface area contributed by atoms with Crippen LogP contribution in [-0.4, -0.2) is 23.1 Å². The number of para-hydroxylation sites is 1. The third kappa shape index (κ3) is 2.92. The fourth-order valence-electron chi connectivity index (χ4n) is 2.60. The number of hydrogen-bond donors (Lipinski definition) is 2. The highest BCUT2D eigenvalue weighted by molar-refractivity contribution is 7.86. The lowest BCUT2D eigenvalue weighted by Crippen LogP contribution is -1.99. The van der Waals surface area contributed by atoms with Crippen molar-refractivity contribution in [3.63, 3.8) is 0 Å². The first-order valence-electron chi connectivity index (χ1n) is 7.43. The standard InChI is InChI=1S/C17H11N3O4S2/c21-16-11-6-2-1-5-10(11)15(26(22,23)24)9-13(16)19-20-17-18-12-7-3-4-8-14(12)25-17/h1-9,21H,(H,22,23,24)/b20-19+. The van der Waals surface area contributed by atoms with Gasteiger partial charge >= 0.3 is 0 Å². The topological polar surface area (TPSA) is 112 Å². The average molecular weight is 385 g/mol. The minimum Gasteiger partial charge on any atom is -0.505 e. The van der Waals surface area contributed by atoms with Gasteiger partial charge in [-0.1, -0.05) is 47.7 Å². The first-order chi connectivity index (χ1) is 12.4. The van der Waals surface area contributed by atoms with Crippen molar-refractivity contribution >= 4 is 53.3 Å². The van der Waals surface area contributed by atoms with E-state index in [4.69, 9.17) is 0 Å². The number of rotatable bonds is 3. The molecule has 1 heterocycles. The molecule has 4 rings (SSSR count). The molecule has 2 N–H and O–H groups in total. The van der Waals surface area contributed by atoms with E-state index in [9.17, 15) is 18.1 Å². The van der Waals surface area contributed by atoms with Crippen LogP contribution in [0, 0.1) is 0 Å². The lowest BCUT2D eigenvalue weighted by molar-refractivity contribution is 0.480. The number of nitrogens with zero attached hydrogens (tertiary/aromatic N) is 3. The Hall–Kier alpha value is -2.88. The van der Waals surface area contributed by atoms with Crippen LogP contribution in [0.15, 0.2) is 69.7 Å². The highest BCUT2D eigenvalue weighted by atomic mass is 32.2. The number of fused-ring (bicyclic) bond motifs is 2. The molecule has 4 aromatic rings. The summed E-state index contributed by atoms with van der Waals surface area (Å²) in [7, 11) is -4.50. The molecule has 0 aliphatic carbocycles. The van der Waals surface area contributed by atoms with E-state index >= 15 is 0 Å². The van der Waals surface area contributed by atoms with Crippen molar-refractivity contribution < 1.29 is 18.1 Å². The van der Waals surface area contributed by atoms with Crippen molar-refractivity contribution in [2.24, 2.45) is 10.2 Å². The minimum absolute atomic E-state index is 0.0735. The number of aromatic nitrogens is 1. The van der Waals surface area contributed by atoms with Crippen LogP contribution < -0.4 is 0 Å². The molecular weight excluding hydrogens is 374 g/mol. The molecule has 0 aliphatic heterocycles. The molecule has 0 fully saturated rings. The van der Waals surface area contributed by atoms with Gasteiger partial charge in [0.1, 0.15) is 10.6 Å². The van der Waals surface area contributed by atoms with E-state index in [-0.39, 0.29) is 27.1 Å². The fourth-order valence-corrected chi connectivity index (χ4v) is 4.11. The van der Waals surface area contributed by atoms with Gasteiger partial charge in [0.25, 0.3) is 10.1 Å². The van der Waals surface area contributed by atoms with Crippen LogP contribution in [0.5, 0.6) is 5.75 Å². The zero-order chi connectivity index (χ0) is 18.3. The maximum absolute atomic E-state index is 11.7. The summed E-state index contributed by atoms with van der Waals surface area (Å²) in [5.74, 6) is -0.224. The molecule has 0 unspecified atom stereocenters. The Morgan fingerprint density at radius 3 is 2.38 bits per heavy atom. The molecule has 3 aromatic carbocycles. The Kier molecular flexibility index (Phi) is 3.91. The van der Waals surface area contributed by atoms with Crippen LogP contribution in [0.4, 0.5) is 10.8 Å². The molecule has 0 saturated carbocycles. The zero-order valence-electron chi connectivity index (χ0n) is 13.1. The SMILES string of the molecule is O=S(=O)(O)c1cc(/N=N/c2nc3ccccc3s2)c(O)c2ccccc12. The molecule has 0 amide bonds. The van der Waals surface area contributed by atoms with E-state index in [1.807, 2.05) is 24.3 Å². The van der Waals surface area contributed by atoms with Crippen LogP contribution in [0.2, 0.25) is 0 Å². The first-order valence-corrected chi connectivity index (χ1v) is 9.68. The predicted octanol–water partition coefficient (Wildman–Crippen LogP) is 4.82. The van der Waals surface area contributed by atoms with Crippen molar-refractivity contribution in [3.05, 3.63) is 54.6 Å². The molecule has 0 atom stereocenters. The van der Waals surface area contributed by atoms with Gasteiger partial charge in [-0.25, -0.2) is 4.98 Å². The number of benzene rings is 3. The second kappa shape index (κ2) is 6.13. The average Bonchev–Trinajstić information content (AvgIpc) is 3.03. The Labute approximate surface area is 152 Å². The second-order valence-corrected chi connectivity index (χ2v) is 7.83. The minimum atomic E-state index is -4.50. The second-order valence-electron chi connectivity index (χ2n) is 5.43. The maximum atomic E-state index is 11.7. The molecule has 130 valence electrons. The third-order valence-corrected chi connectivity index (χ3v) is 5.58. The fraction of sp³-hybridized carbons (Fsp3) is 0. The molecule has 0 spiro atoms. The Balaban J connectivity index is 1.87. The predicted molar refractivity (Wildman–Crippen MR) is 99.2 cm³/mol. The van der Waals surface area contributed by atoms with Gasteiger partial charge in [0.05, 0.1) is 10.2 Å². The van der Waals surface area contributed by atoms with Crippen molar-refractivity contribution in [1.29, 1.82) is 0 Å². The summed E-state index contributed by atoms with van der Waals surface area (Å²) >= 11 is 1.31. The monoisotopic (exact) mass is 385 g/mol. The maximum Gasteiger partial charge on any atom is 0.295 e. The normalized spacial score (nSPS) is 12.3. The van der Waals surface area contributed by atoms with Crippen molar-refractivity contribution in [1.82, 2.24) is 4.98 Å². The Morgan fingerprint density at radius 1 is 0.962 bits per heavy atom. The van der Waals surface area contributed by atoms with Gasteiger partial charge in [0, 0.05) is 10.8 Å². The van der Waals surface area contributed by atoms with Gasteiger partial charge in [-0.05, 0) is 18.2 Å². The lowest BCUT2D eigenvalue weighted by atomic mass is 10.1. The molecule has 0 saturated heterocycles. The van der Waals surface area contributed by atoms with Gasteiger partial charge in [-0.3, -0.25) is 4.55 Å². The summed E-state index contributed by atoms with van der Waals surface area (Å²) in [6.45, 7) is 0. The lowest BCUT2D eigenvalue weighted by Gasteiger charge is -2.08. The third-order valence-electron chi connectivity index (χ3n) is 3.76. The van der Waals surface area contributed by atoms with E-state index in [2.05, 4.69) is 15.2 Å². The molecule has 26 heavy (non-hydrogen) atoms. The number of hydrogen-bond acceptors (Lipinski definition) is 7. The van der Waals surface area contributed by atoms with Crippen molar-refractivity contribution in [2.45, 2.75) is 4.90 Å².